The first-order chi connectivity index (χ1) is 11.3. The van der Waals surface area contributed by atoms with E-state index in [2.05, 4.69) is 14.5 Å². The molecule has 1 aromatic rings. The zero-order valence-corrected chi connectivity index (χ0v) is 14.2. The van der Waals surface area contributed by atoms with E-state index >= 15 is 0 Å². The number of rotatable bonds is 5. The molecule has 1 N–H and O–H groups in total. The van der Waals surface area contributed by atoms with Crippen LogP contribution in [0.5, 0.6) is 0 Å². The highest BCUT2D eigenvalue weighted by molar-refractivity contribution is 5.95. The van der Waals surface area contributed by atoms with Crippen molar-refractivity contribution in [1.82, 2.24) is 4.90 Å². The van der Waals surface area contributed by atoms with Gasteiger partial charge in [0, 0.05) is 44.0 Å². The number of benzene rings is 1. The average molecular weight is 337 g/mol. The molecule has 2 rings (SSSR count). The van der Waals surface area contributed by atoms with Gasteiger partial charge in [0.15, 0.2) is 0 Å². The maximum Gasteiger partial charge on any atom is 0.344 e. The van der Waals surface area contributed by atoms with E-state index in [1.54, 1.807) is 19.9 Å². The zero-order chi connectivity index (χ0) is 17.9. The number of aliphatic hydroxyl groups is 1. The number of hydrogen-bond acceptors (Lipinski definition) is 7. The molecule has 132 valence electrons. The minimum atomic E-state index is -0.709. The summed E-state index contributed by atoms with van der Waals surface area (Å²) in [5, 5.41) is 20.7. The summed E-state index contributed by atoms with van der Waals surface area (Å²) in [6.07, 6.45) is -0.371. The lowest BCUT2D eigenvalue weighted by atomic mass is 10.1. The van der Waals surface area contributed by atoms with Crippen molar-refractivity contribution < 1.29 is 19.6 Å². The smallest absolute Gasteiger partial charge is 0.344 e. The molecule has 24 heavy (non-hydrogen) atoms. The van der Waals surface area contributed by atoms with Crippen LogP contribution in [0, 0.1) is 17.0 Å². The Hall–Kier alpha value is -2.19. The third-order valence-electron chi connectivity index (χ3n) is 4.13. The maximum atomic E-state index is 11.9. The molecule has 8 heteroatoms. The standard InChI is InChI=1S/C16H23N3O5/c1-11-8-13(9-14(16(21)24-3)15(11)19(22)23)18-6-4-17(5-7-18)10-12(2)20/h8-9,12,20H,4-7,10H2,1-3H3/t12-/m1/s1. The van der Waals surface area contributed by atoms with Crippen LogP contribution in [0.4, 0.5) is 11.4 Å². The number of nitrogens with zero attached hydrogens (tertiary/aromatic N) is 3. The number of aryl methyl sites for hydroxylation is 1. The second-order valence-corrected chi connectivity index (χ2v) is 6.04. The number of carbonyl (C=O) groups is 1. The minimum absolute atomic E-state index is 0.0242. The van der Waals surface area contributed by atoms with Gasteiger partial charge in [-0.25, -0.2) is 4.79 Å². The van der Waals surface area contributed by atoms with Gasteiger partial charge in [-0.05, 0) is 26.0 Å². The molecule has 0 aromatic heterocycles. The number of anilines is 1. The molecule has 0 unspecified atom stereocenters. The monoisotopic (exact) mass is 337 g/mol. The number of methoxy groups -OCH3 is 1. The van der Waals surface area contributed by atoms with Crippen LogP contribution in [-0.2, 0) is 4.74 Å². The molecule has 1 heterocycles. The number of β-amino-alcohol motifs (C(OH)–C–C–N with tert-alkyl or cyclic N) is 1. The number of nitro benzene ring substituents is 1. The van der Waals surface area contributed by atoms with Crippen molar-refractivity contribution in [2.75, 3.05) is 44.7 Å². The highest BCUT2D eigenvalue weighted by atomic mass is 16.6. The van der Waals surface area contributed by atoms with Crippen LogP contribution in [0.2, 0.25) is 0 Å². The summed E-state index contributed by atoms with van der Waals surface area (Å²) in [5.74, 6) is -0.709. The first kappa shape index (κ1) is 18.2. The predicted octanol–water partition coefficient (Wildman–Crippen LogP) is 1.19. The maximum absolute atomic E-state index is 11.9. The second-order valence-electron chi connectivity index (χ2n) is 6.04. The topological polar surface area (TPSA) is 96.2 Å². The minimum Gasteiger partial charge on any atom is -0.465 e. The Labute approximate surface area is 140 Å². The van der Waals surface area contributed by atoms with Gasteiger partial charge in [0.25, 0.3) is 5.69 Å². The molecule has 1 aliphatic rings. The first-order valence-corrected chi connectivity index (χ1v) is 7.86. The summed E-state index contributed by atoms with van der Waals surface area (Å²) in [4.78, 5) is 26.9. The normalized spacial score (nSPS) is 16.8. The molecule has 0 saturated carbocycles. The predicted molar refractivity (Wildman–Crippen MR) is 89.5 cm³/mol. The van der Waals surface area contributed by atoms with E-state index in [4.69, 9.17) is 0 Å². The molecule has 0 bridgehead atoms. The van der Waals surface area contributed by atoms with Gasteiger partial charge < -0.3 is 14.7 Å². The molecule has 0 spiro atoms. The molecule has 1 fully saturated rings. The third-order valence-corrected chi connectivity index (χ3v) is 4.13. The molecule has 8 nitrogen and oxygen atoms in total. The van der Waals surface area contributed by atoms with Gasteiger partial charge in [-0.2, -0.15) is 0 Å². The van der Waals surface area contributed by atoms with Crippen LogP contribution >= 0.6 is 0 Å². The molecule has 0 aliphatic carbocycles. The molecule has 1 aromatic carbocycles. The zero-order valence-electron chi connectivity index (χ0n) is 14.2. The fraction of sp³-hybridized carbons (Fsp3) is 0.562. The summed E-state index contributed by atoms with van der Waals surface area (Å²) in [6, 6.07) is 3.26. The Balaban J connectivity index is 2.24. The van der Waals surface area contributed by atoms with E-state index in [9.17, 15) is 20.0 Å². The number of ether oxygens (including phenoxy) is 1. The van der Waals surface area contributed by atoms with Gasteiger partial charge in [0.2, 0.25) is 0 Å². The van der Waals surface area contributed by atoms with Gasteiger partial charge in [-0.3, -0.25) is 15.0 Å². The second kappa shape index (κ2) is 7.59. The number of hydrogen-bond donors (Lipinski definition) is 1. The van der Waals surface area contributed by atoms with Crippen molar-refractivity contribution >= 4 is 17.3 Å². The molecule has 0 radical (unpaired) electrons. The van der Waals surface area contributed by atoms with Crippen molar-refractivity contribution in [3.05, 3.63) is 33.4 Å². The van der Waals surface area contributed by atoms with Crippen molar-refractivity contribution in [3.63, 3.8) is 0 Å². The average Bonchev–Trinajstić information content (AvgIpc) is 2.53. The van der Waals surface area contributed by atoms with Crippen LogP contribution in [0.25, 0.3) is 0 Å². The van der Waals surface area contributed by atoms with E-state index in [1.165, 1.54) is 13.2 Å². The lowest BCUT2D eigenvalue weighted by Gasteiger charge is -2.36. The van der Waals surface area contributed by atoms with Crippen LogP contribution < -0.4 is 4.90 Å². The summed E-state index contributed by atoms with van der Waals surface area (Å²) in [6.45, 7) is 7.03. The Morgan fingerprint density at radius 3 is 2.50 bits per heavy atom. The summed E-state index contributed by atoms with van der Waals surface area (Å²) >= 11 is 0. The molecule has 1 atom stereocenters. The van der Waals surface area contributed by atoms with Gasteiger partial charge in [-0.1, -0.05) is 0 Å². The largest absolute Gasteiger partial charge is 0.465 e. The van der Waals surface area contributed by atoms with E-state index in [-0.39, 0.29) is 17.4 Å². The molecule has 0 amide bonds. The molecular weight excluding hydrogens is 314 g/mol. The number of esters is 1. The van der Waals surface area contributed by atoms with Crippen LogP contribution in [0.1, 0.15) is 22.8 Å². The lowest BCUT2D eigenvalue weighted by Crippen LogP contribution is -2.48. The third kappa shape index (κ3) is 4.01. The fourth-order valence-electron chi connectivity index (χ4n) is 3.01. The van der Waals surface area contributed by atoms with E-state index < -0.39 is 10.9 Å². The number of aliphatic hydroxyl groups excluding tert-OH is 1. The van der Waals surface area contributed by atoms with E-state index in [1.807, 2.05) is 0 Å². The quantitative estimate of drug-likeness (QED) is 0.490. The van der Waals surface area contributed by atoms with Gasteiger partial charge >= 0.3 is 5.97 Å². The van der Waals surface area contributed by atoms with Crippen molar-refractivity contribution in [2.45, 2.75) is 20.0 Å². The van der Waals surface area contributed by atoms with E-state index in [0.29, 0.717) is 12.1 Å². The van der Waals surface area contributed by atoms with Crippen molar-refractivity contribution in [2.24, 2.45) is 0 Å². The number of piperazine rings is 1. The van der Waals surface area contributed by atoms with E-state index in [0.717, 1.165) is 31.9 Å². The number of nitro groups is 1. The number of carbonyl (C=O) groups excluding carboxylic acids is 1. The Bertz CT molecular complexity index is 624. The molecular formula is C16H23N3O5. The highest BCUT2D eigenvalue weighted by Gasteiger charge is 2.27. The van der Waals surface area contributed by atoms with Gasteiger partial charge in [0.1, 0.15) is 5.56 Å². The Kier molecular flexibility index (Phi) is 5.74. The van der Waals surface area contributed by atoms with Crippen molar-refractivity contribution in [3.8, 4) is 0 Å². The van der Waals surface area contributed by atoms with Crippen LogP contribution in [-0.4, -0.2) is 66.8 Å². The summed E-state index contributed by atoms with van der Waals surface area (Å²) < 4.78 is 4.69. The van der Waals surface area contributed by atoms with Crippen LogP contribution in [0.15, 0.2) is 12.1 Å². The molecule has 1 aliphatic heterocycles. The van der Waals surface area contributed by atoms with Gasteiger partial charge in [-0.15, -0.1) is 0 Å². The summed E-state index contributed by atoms with van der Waals surface area (Å²) in [5.41, 5.74) is 0.974. The fourth-order valence-corrected chi connectivity index (χ4v) is 3.01. The Morgan fingerprint density at radius 2 is 2.00 bits per heavy atom. The van der Waals surface area contributed by atoms with Crippen LogP contribution in [0.3, 0.4) is 0 Å². The Morgan fingerprint density at radius 1 is 1.38 bits per heavy atom. The first-order valence-electron chi connectivity index (χ1n) is 7.86. The summed E-state index contributed by atoms with van der Waals surface area (Å²) in [7, 11) is 1.21. The van der Waals surface area contributed by atoms with Gasteiger partial charge in [0.05, 0.1) is 18.1 Å². The lowest BCUT2D eigenvalue weighted by molar-refractivity contribution is -0.385. The molecule has 1 saturated heterocycles. The SMILES string of the molecule is COC(=O)c1cc(N2CCN(C[C@@H](C)O)CC2)cc(C)c1[N+](=O)[O-]. The van der Waals surface area contributed by atoms with Crippen molar-refractivity contribution in [1.29, 1.82) is 0 Å². The highest BCUT2D eigenvalue weighted by Crippen LogP contribution is 2.30.